The monoisotopic (exact) mass is 399 g/mol. The summed E-state index contributed by atoms with van der Waals surface area (Å²) in [5, 5.41) is 10.3. The van der Waals surface area contributed by atoms with E-state index in [1.165, 1.54) is 11.3 Å². The minimum Gasteiger partial charge on any atom is -0.497 e. The summed E-state index contributed by atoms with van der Waals surface area (Å²) in [4.78, 5) is 4.56. The van der Waals surface area contributed by atoms with Crippen LogP contribution in [0.1, 0.15) is 5.56 Å². The first kappa shape index (κ1) is 17.5. The minimum atomic E-state index is 0.710. The fourth-order valence-electron chi connectivity index (χ4n) is 3.16. The lowest BCUT2D eigenvalue weighted by molar-refractivity contribution is 0.415. The van der Waals surface area contributed by atoms with E-state index in [1.807, 2.05) is 60.0 Å². The van der Waals surface area contributed by atoms with Gasteiger partial charge in [-0.2, -0.15) is 5.10 Å². The number of methoxy groups -OCH3 is 1. The van der Waals surface area contributed by atoms with E-state index in [9.17, 15) is 0 Å². The number of nitrogens with one attached hydrogen (secondary N) is 1. The number of benzene rings is 3. The molecule has 0 saturated heterocycles. The Morgan fingerprint density at radius 2 is 1.86 bits per heavy atom. The first-order chi connectivity index (χ1) is 14.3. The zero-order valence-electron chi connectivity index (χ0n) is 15.6. The highest BCUT2D eigenvalue weighted by Crippen LogP contribution is 2.30. The van der Waals surface area contributed by atoms with Crippen molar-refractivity contribution in [1.29, 1.82) is 0 Å². The highest BCUT2D eigenvalue weighted by Gasteiger charge is 2.09. The van der Waals surface area contributed by atoms with Crippen molar-refractivity contribution < 1.29 is 9.15 Å². The zero-order valence-corrected chi connectivity index (χ0v) is 16.4. The fourth-order valence-corrected chi connectivity index (χ4v) is 3.81. The number of thiazole rings is 1. The molecule has 6 heteroatoms. The van der Waals surface area contributed by atoms with Gasteiger partial charge in [-0.05, 0) is 46.7 Å². The van der Waals surface area contributed by atoms with Crippen molar-refractivity contribution in [1.82, 2.24) is 4.98 Å². The van der Waals surface area contributed by atoms with Crippen LogP contribution in [0.15, 0.2) is 81.6 Å². The molecule has 142 valence electrons. The molecule has 2 aromatic heterocycles. The smallest absolute Gasteiger partial charge is 0.203 e. The summed E-state index contributed by atoms with van der Waals surface area (Å²) in [6, 6.07) is 22.1. The summed E-state index contributed by atoms with van der Waals surface area (Å²) in [6.45, 7) is 0. The Morgan fingerprint density at radius 3 is 2.76 bits per heavy atom. The predicted molar refractivity (Wildman–Crippen MR) is 119 cm³/mol. The Labute approximate surface area is 171 Å². The van der Waals surface area contributed by atoms with Crippen LogP contribution in [0.3, 0.4) is 0 Å². The molecule has 3 aromatic carbocycles. The van der Waals surface area contributed by atoms with Crippen molar-refractivity contribution in [2.75, 3.05) is 12.5 Å². The molecular weight excluding hydrogens is 382 g/mol. The van der Waals surface area contributed by atoms with Crippen LogP contribution in [0.4, 0.5) is 5.13 Å². The average Bonchev–Trinajstić information content (AvgIpc) is 3.40. The maximum Gasteiger partial charge on any atom is 0.203 e. The maximum absolute atomic E-state index is 5.87. The largest absolute Gasteiger partial charge is 0.497 e. The fraction of sp³-hybridized carbons (Fsp3) is 0.0435. The topological polar surface area (TPSA) is 59.6 Å². The molecule has 5 rings (SSSR count). The van der Waals surface area contributed by atoms with Crippen LogP contribution in [-0.4, -0.2) is 18.3 Å². The van der Waals surface area contributed by atoms with E-state index < -0.39 is 0 Å². The summed E-state index contributed by atoms with van der Waals surface area (Å²) in [6.07, 6.45) is 1.78. The van der Waals surface area contributed by atoms with Crippen molar-refractivity contribution in [3.8, 4) is 17.2 Å². The standard InChI is InChI=1S/C23H17N3O2S/c1-27-19-9-8-16-10-15(6-7-17(16)11-19)13-24-26-23-25-20(14-29-23)22-12-18-4-2-3-5-21(18)28-22/h2-14H,1H3,(H,25,26)/b24-13+. The first-order valence-electron chi connectivity index (χ1n) is 9.10. The van der Waals surface area contributed by atoms with Crippen molar-refractivity contribution in [3.63, 3.8) is 0 Å². The Bertz CT molecular complexity index is 1300. The lowest BCUT2D eigenvalue weighted by Gasteiger charge is -2.03. The number of fused-ring (bicyclic) bond motifs is 2. The van der Waals surface area contributed by atoms with Gasteiger partial charge in [0.1, 0.15) is 17.0 Å². The third kappa shape index (κ3) is 3.58. The van der Waals surface area contributed by atoms with Crippen molar-refractivity contribution >= 4 is 44.4 Å². The Hall–Kier alpha value is -3.64. The quantitative estimate of drug-likeness (QED) is 0.284. The second-order valence-electron chi connectivity index (χ2n) is 6.53. The van der Waals surface area contributed by atoms with Crippen LogP contribution in [0, 0.1) is 0 Å². The van der Waals surface area contributed by atoms with E-state index >= 15 is 0 Å². The lowest BCUT2D eigenvalue weighted by Crippen LogP contribution is -1.90. The van der Waals surface area contributed by atoms with Crippen LogP contribution in [0.25, 0.3) is 33.2 Å². The molecule has 5 aromatic rings. The highest BCUT2D eigenvalue weighted by molar-refractivity contribution is 7.14. The second kappa shape index (κ2) is 7.41. The van der Waals surface area contributed by atoms with Crippen molar-refractivity contribution in [3.05, 3.63) is 77.7 Å². The van der Waals surface area contributed by atoms with Gasteiger partial charge in [-0.1, -0.05) is 36.4 Å². The molecule has 0 radical (unpaired) electrons. The van der Waals surface area contributed by atoms with Gasteiger partial charge in [-0.25, -0.2) is 4.98 Å². The van der Waals surface area contributed by atoms with Crippen LogP contribution < -0.4 is 10.2 Å². The molecule has 0 amide bonds. The molecule has 1 N–H and O–H groups in total. The van der Waals surface area contributed by atoms with Gasteiger partial charge in [0.05, 0.1) is 13.3 Å². The molecular formula is C23H17N3O2S. The van der Waals surface area contributed by atoms with E-state index in [2.05, 4.69) is 27.6 Å². The second-order valence-corrected chi connectivity index (χ2v) is 7.39. The Kier molecular flexibility index (Phi) is 4.46. The van der Waals surface area contributed by atoms with Gasteiger partial charge in [-0.3, -0.25) is 5.43 Å². The highest BCUT2D eigenvalue weighted by atomic mass is 32.1. The summed E-state index contributed by atoms with van der Waals surface area (Å²) >= 11 is 1.49. The van der Waals surface area contributed by atoms with Crippen molar-refractivity contribution in [2.24, 2.45) is 5.10 Å². The summed E-state index contributed by atoms with van der Waals surface area (Å²) in [5.74, 6) is 1.61. The molecule has 0 bridgehead atoms. The maximum atomic E-state index is 5.87. The number of hydrazone groups is 1. The first-order valence-corrected chi connectivity index (χ1v) is 9.98. The third-order valence-corrected chi connectivity index (χ3v) is 5.37. The number of hydrogen-bond acceptors (Lipinski definition) is 6. The molecule has 5 nitrogen and oxygen atoms in total. The number of hydrogen-bond donors (Lipinski definition) is 1. The van der Waals surface area contributed by atoms with Crippen molar-refractivity contribution in [2.45, 2.75) is 0 Å². The van der Waals surface area contributed by atoms with E-state index in [0.29, 0.717) is 5.13 Å². The van der Waals surface area contributed by atoms with Gasteiger partial charge in [0.15, 0.2) is 5.76 Å². The van der Waals surface area contributed by atoms with Crippen LogP contribution in [0.5, 0.6) is 5.75 Å². The molecule has 0 atom stereocenters. The number of nitrogens with zero attached hydrogens (tertiary/aromatic N) is 2. The third-order valence-electron chi connectivity index (χ3n) is 4.63. The minimum absolute atomic E-state index is 0.710. The van der Waals surface area contributed by atoms with E-state index in [-0.39, 0.29) is 0 Å². The normalized spacial score (nSPS) is 11.5. The number of para-hydroxylation sites is 1. The van der Waals surface area contributed by atoms with Crippen LogP contribution >= 0.6 is 11.3 Å². The van der Waals surface area contributed by atoms with E-state index in [0.717, 1.165) is 44.5 Å². The molecule has 0 aliphatic heterocycles. The molecule has 0 unspecified atom stereocenters. The number of rotatable bonds is 5. The molecule has 0 saturated carbocycles. The lowest BCUT2D eigenvalue weighted by atomic mass is 10.1. The number of furan rings is 1. The van der Waals surface area contributed by atoms with Gasteiger partial charge >= 0.3 is 0 Å². The zero-order chi connectivity index (χ0) is 19.6. The van der Waals surface area contributed by atoms with E-state index in [1.54, 1.807) is 13.3 Å². The average molecular weight is 399 g/mol. The number of ether oxygens (including phenoxy) is 1. The molecule has 0 aliphatic carbocycles. The Morgan fingerprint density at radius 1 is 1.00 bits per heavy atom. The van der Waals surface area contributed by atoms with Gasteiger partial charge in [0, 0.05) is 10.8 Å². The molecule has 29 heavy (non-hydrogen) atoms. The van der Waals surface area contributed by atoms with Crippen LogP contribution in [0.2, 0.25) is 0 Å². The van der Waals surface area contributed by atoms with E-state index in [4.69, 9.17) is 9.15 Å². The number of aromatic nitrogens is 1. The summed E-state index contributed by atoms with van der Waals surface area (Å²) in [7, 11) is 1.67. The van der Waals surface area contributed by atoms with Gasteiger partial charge in [0.2, 0.25) is 5.13 Å². The van der Waals surface area contributed by atoms with Gasteiger partial charge < -0.3 is 9.15 Å². The summed E-state index contributed by atoms with van der Waals surface area (Å²) in [5.41, 5.74) is 5.66. The van der Waals surface area contributed by atoms with Gasteiger partial charge in [0.25, 0.3) is 0 Å². The molecule has 2 heterocycles. The SMILES string of the molecule is COc1ccc2cc(/C=N/Nc3nc(-c4cc5ccccc5o4)cs3)ccc2c1. The van der Waals surface area contributed by atoms with Crippen LogP contribution in [-0.2, 0) is 0 Å². The molecule has 0 spiro atoms. The molecule has 0 fully saturated rings. The Balaban J connectivity index is 1.31. The van der Waals surface area contributed by atoms with Gasteiger partial charge in [-0.15, -0.1) is 11.3 Å². The number of anilines is 1. The summed E-state index contributed by atoms with van der Waals surface area (Å²) < 4.78 is 11.1. The molecule has 0 aliphatic rings. The predicted octanol–water partition coefficient (Wildman–Crippen LogP) is 6.16.